The number of alkyl halides is 2. The van der Waals surface area contributed by atoms with Crippen LogP contribution in [0.1, 0.15) is 0 Å². The summed E-state index contributed by atoms with van der Waals surface area (Å²) in [5.74, 6) is 0. The first-order chi connectivity index (χ1) is 7.14. The molecule has 15 heavy (non-hydrogen) atoms. The molecule has 0 bridgehead atoms. The molecule has 0 aromatic heterocycles. The Hall–Kier alpha value is 0.990. The lowest BCUT2D eigenvalue weighted by Crippen LogP contribution is -2.25. The Balaban J connectivity index is 4.44. The first-order valence-electron chi connectivity index (χ1n) is 4.12. The molecule has 0 aliphatic carbocycles. The average Bonchev–Trinajstić information content (AvgIpc) is 2.25. The van der Waals surface area contributed by atoms with Crippen LogP contribution in [0.2, 0.25) is 0 Å². The molecule has 0 saturated heterocycles. The van der Waals surface area contributed by atoms with E-state index in [4.69, 9.17) is 19.3 Å². The van der Waals surface area contributed by atoms with Gasteiger partial charge in [0, 0.05) is 10.7 Å². The van der Waals surface area contributed by atoms with Crippen LogP contribution in [0.25, 0.3) is 0 Å². The molecule has 92 valence electrons. The predicted molar refractivity (Wildman–Crippen MR) is 63.1 cm³/mol. The summed E-state index contributed by atoms with van der Waals surface area (Å²) in [5, 5.41) is 18.7. The first kappa shape index (κ1) is 16.0. The number of hydrogen-bond donors (Lipinski definition) is 2. The van der Waals surface area contributed by atoms with Gasteiger partial charge in [0.05, 0.1) is 13.2 Å². The molecular weight excluding hydrogens is 357 g/mol. The van der Waals surface area contributed by atoms with Crippen molar-refractivity contribution in [1.82, 2.24) is 4.67 Å². The van der Waals surface area contributed by atoms with E-state index in [1.165, 1.54) is 0 Å². The molecule has 6 nitrogen and oxygen atoms in total. The van der Waals surface area contributed by atoms with E-state index in [1.54, 1.807) is 0 Å². The van der Waals surface area contributed by atoms with E-state index in [0.717, 1.165) is 4.67 Å². The summed E-state index contributed by atoms with van der Waals surface area (Å²) >= 11 is 6.22. The van der Waals surface area contributed by atoms with Gasteiger partial charge in [-0.2, -0.15) is 4.67 Å². The Morgan fingerprint density at radius 3 is 1.73 bits per heavy atom. The maximum absolute atomic E-state index is 12.0. The second-order valence-corrected chi connectivity index (χ2v) is 5.91. The second kappa shape index (κ2) is 9.07. The molecule has 0 rings (SSSR count). The van der Waals surface area contributed by atoms with Crippen molar-refractivity contribution in [3.05, 3.63) is 0 Å². The van der Waals surface area contributed by atoms with Crippen LogP contribution >= 0.6 is 39.6 Å². The van der Waals surface area contributed by atoms with E-state index < -0.39 is 21.2 Å². The van der Waals surface area contributed by atoms with E-state index in [0.29, 0.717) is 10.7 Å². The molecule has 2 N–H and O–H groups in total. The highest BCUT2D eigenvalue weighted by atomic mass is 79.9. The fourth-order valence-electron chi connectivity index (χ4n) is 0.700. The molecule has 0 aliphatic heterocycles. The SMILES string of the molecule is O=P(OCCBr)(OCCBr)N(CO)CO. The third kappa shape index (κ3) is 5.74. The zero-order chi connectivity index (χ0) is 11.7. The van der Waals surface area contributed by atoms with Crippen LogP contribution in [0.5, 0.6) is 0 Å². The minimum Gasteiger partial charge on any atom is -0.380 e. The highest BCUT2D eigenvalue weighted by Gasteiger charge is 2.32. The van der Waals surface area contributed by atoms with Gasteiger partial charge in [-0.15, -0.1) is 0 Å². The van der Waals surface area contributed by atoms with Crippen molar-refractivity contribution in [2.24, 2.45) is 0 Å². The molecule has 0 radical (unpaired) electrons. The standard InChI is InChI=1S/C6H14Br2NO5P/c7-1-3-13-15(12,14-4-2-8)9(5-10)6-11/h10-11H,1-6H2. The Morgan fingerprint density at radius 1 is 1.07 bits per heavy atom. The third-order valence-corrected chi connectivity index (χ3v) is 3.95. The molecule has 0 heterocycles. The zero-order valence-electron chi connectivity index (χ0n) is 8.01. The first-order valence-corrected chi connectivity index (χ1v) is 7.86. The molecule has 0 aromatic rings. The van der Waals surface area contributed by atoms with Crippen LogP contribution in [0, 0.1) is 0 Å². The minimum atomic E-state index is -3.59. The average molecular weight is 371 g/mol. The van der Waals surface area contributed by atoms with Gasteiger partial charge < -0.3 is 10.2 Å². The lowest BCUT2D eigenvalue weighted by atomic mass is 10.9. The van der Waals surface area contributed by atoms with Gasteiger partial charge >= 0.3 is 7.75 Å². The summed E-state index contributed by atoms with van der Waals surface area (Å²) < 4.78 is 22.8. The summed E-state index contributed by atoms with van der Waals surface area (Å²) in [6, 6.07) is 0. The normalized spacial score (nSPS) is 12.3. The Kier molecular flexibility index (Phi) is 9.66. The predicted octanol–water partition coefficient (Wildman–Crippen LogP) is 1.12. The highest BCUT2D eigenvalue weighted by molar-refractivity contribution is 9.09. The topological polar surface area (TPSA) is 79.2 Å². The quantitative estimate of drug-likeness (QED) is 0.359. The summed E-state index contributed by atoms with van der Waals surface area (Å²) in [6.07, 6.45) is 0. The maximum atomic E-state index is 12.0. The van der Waals surface area contributed by atoms with Gasteiger partial charge in [0.2, 0.25) is 0 Å². The van der Waals surface area contributed by atoms with Crippen molar-refractivity contribution in [1.29, 1.82) is 0 Å². The molecule has 0 amide bonds. The van der Waals surface area contributed by atoms with Gasteiger partial charge in [0.1, 0.15) is 13.5 Å². The van der Waals surface area contributed by atoms with Gasteiger partial charge in [-0.05, 0) is 0 Å². The molecule has 0 atom stereocenters. The monoisotopic (exact) mass is 369 g/mol. The molecule has 0 aromatic carbocycles. The maximum Gasteiger partial charge on any atom is 0.412 e. The fourth-order valence-corrected chi connectivity index (χ4v) is 2.88. The number of rotatable bonds is 9. The van der Waals surface area contributed by atoms with Gasteiger partial charge in [-0.3, -0.25) is 9.05 Å². The summed E-state index contributed by atoms with van der Waals surface area (Å²) in [5.41, 5.74) is 0. The molecule has 0 spiro atoms. The van der Waals surface area contributed by atoms with Crippen molar-refractivity contribution in [2.75, 3.05) is 37.3 Å². The lowest BCUT2D eigenvalue weighted by Gasteiger charge is -2.26. The second-order valence-electron chi connectivity index (χ2n) is 2.30. The number of halogens is 2. The molecule has 9 heteroatoms. The van der Waals surface area contributed by atoms with Crippen molar-refractivity contribution in [3.8, 4) is 0 Å². The molecule has 0 fully saturated rings. The lowest BCUT2D eigenvalue weighted by molar-refractivity contribution is 0.0539. The van der Waals surface area contributed by atoms with Crippen LogP contribution in [0.4, 0.5) is 0 Å². The van der Waals surface area contributed by atoms with Gasteiger partial charge in [-0.1, -0.05) is 31.9 Å². The van der Waals surface area contributed by atoms with Gasteiger partial charge in [0.15, 0.2) is 0 Å². The largest absolute Gasteiger partial charge is 0.412 e. The fraction of sp³-hybridized carbons (Fsp3) is 1.00. The smallest absolute Gasteiger partial charge is 0.380 e. The van der Waals surface area contributed by atoms with E-state index in [2.05, 4.69) is 31.9 Å². The van der Waals surface area contributed by atoms with Gasteiger partial charge in [0.25, 0.3) is 0 Å². The van der Waals surface area contributed by atoms with Crippen LogP contribution in [-0.4, -0.2) is 52.2 Å². The molecular formula is C6H14Br2NO5P. The molecule has 0 saturated carbocycles. The Labute approximate surface area is 105 Å². The highest BCUT2D eigenvalue weighted by Crippen LogP contribution is 2.51. The van der Waals surface area contributed by atoms with Crippen LogP contribution in [-0.2, 0) is 13.6 Å². The van der Waals surface area contributed by atoms with Crippen LogP contribution in [0.15, 0.2) is 0 Å². The van der Waals surface area contributed by atoms with Crippen molar-refractivity contribution in [2.45, 2.75) is 0 Å². The van der Waals surface area contributed by atoms with Gasteiger partial charge in [-0.25, -0.2) is 4.57 Å². The summed E-state index contributed by atoms with van der Waals surface area (Å²) in [6.45, 7) is -0.872. The van der Waals surface area contributed by atoms with Crippen molar-refractivity contribution in [3.63, 3.8) is 0 Å². The summed E-state index contributed by atoms with van der Waals surface area (Å²) in [7, 11) is -3.59. The van der Waals surface area contributed by atoms with E-state index in [-0.39, 0.29) is 13.2 Å². The number of aliphatic hydroxyl groups excluding tert-OH is 2. The number of nitrogens with zero attached hydrogens (tertiary/aromatic N) is 1. The van der Waals surface area contributed by atoms with Crippen LogP contribution in [0.3, 0.4) is 0 Å². The third-order valence-electron chi connectivity index (χ3n) is 1.34. The van der Waals surface area contributed by atoms with E-state index in [9.17, 15) is 4.57 Å². The van der Waals surface area contributed by atoms with E-state index in [1.807, 2.05) is 0 Å². The Bertz CT molecular complexity index is 192. The number of hydrogen-bond acceptors (Lipinski definition) is 5. The number of aliphatic hydroxyl groups is 2. The van der Waals surface area contributed by atoms with Crippen LogP contribution < -0.4 is 0 Å². The van der Waals surface area contributed by atoms with Crippen molar-refractivity contribution < 1.29 is 23.8 Å². The van der Waals surface area contributed by atoms with E-state index >= 15 is 0 Å². The Morgan fingerprint density at radius 2 is 1.47 bits per heavy atom. The van der Waals surface area contributed by atoms with Crippen molar-refractivity contribution >= 4 is 39.6 Å². The molecule has 0 aliphatic rings. The summed E-state index contributed by atoms with van der Waals surface area (Å²) in [4.78, 5) is 0. The zero-order valence-corrected chi connectivity index (χ0v) is 12.1. The minimum absolute atomic E-state index is 0.163. The molecule has 0 unspecified atom stereocenters.